The third kappa shape index (κ3) is 2.80. The van der Waals surface area contributed by atoms with Gasteiger partial charge in [0.05, 0.1) is 10.6 Å². The van der Waals surface area contributed by atoms with E-state index in [0.29, 0.717) is 21.2 Å². The number of carboxylic acids is 1. The normalized spacial score (nSPS) is 10.5. The molecule has 0 amide bonds. The standard InChI is InChI=1S/C14H9BrClFO2/c1-7-4-9(12(16)6-13(7)17)8-2-3-11(15)10(5-8)14(18)19/h2-6H,1H3,(H,18,19). The molecule has 0 aliphatic heterocycles. The average molecular weight is 344 g/mol. The lowest BCUT2D eigenvalue weighted by atomic mass is 10.0. The molecule has 19 heavy (non-hydrogen) atoms. The summed E-state index contributed by atoms with van der Waals surface area (Å²) in [5.41, 5.74) is 1.83. The van der Waals surface area contributed by atoms with E-state index in [9.17, 15) is 9.18 Å². The van der Waals surface area contributed by atoms with E-state index in [-0.39, 0.29) is 16.4 Å². The molecule has 0 aromatic heterocycles. The Kier molecular flexibility index (Phi) is 3.92. The lowest BCUT2D eigenvalue weighted by Crippen LogP contribution is -1.98. The van der Waals surface area contributed by atoms with Gasteiger partial charge in [-0.3, -0.25) is 0 Å². The van der Waals surface area contributed by atoms with Gasteiger partial charge in [-0.2, -0.15) is 0 Å². The fourth-order valence-electron chi connectivity index (χ4n) is 1.74. The Morgan fingerprint density at radius 1 is 1.32 bits per heavy atom. The van der Waals surface area contributed by atoms with Gasteiger partial charge in [0.25, 0.3) is 0 Å². The fraction of sp³-hybridized carbons (Fsp3) is 0.0714. The largest absolute Gasteiger partial charge is 0.478 e. The Balaban J connectivity index is 2.63. The number of carbonyl (C=O) groups is 1. The van der Waals surface area contributed by atoms with Crippen molar-refractivity contribution in [3.05, 3.63) is 56.8 Å². The number of halogens is 3. The van der Waals surface area contributed by atoms with Crippen LogP contribution in [0, 0.1) is 12.7 Å². The van der Waals surface area contributed by atoms with Crippen molar-refractivity contribution in [2.24, 2.45) is 0 Å². The van der Waals surface area contributed by atoms with E-state index in [0.717, 1.165) is 0 Å². The molecule has 0 spiro atoms. The smallest absolute Gasteiger partial charge is 0.336 e. The summed E-state index contributed by atoms with van der Waals surface area (Å²) in [6.07, 6.45) is 0. The molecule has 0 radical (unpaired) electrons. The molecule has 2 aromatic rings. The van der Waals surface area contributed by atoms with Crippen molar-refractivity contribution >= 4 is 33.5 Å². The van der Waals surface area contributed by atoms with Crippen molar-refractivity contribution in [3.63, 3.8) is 0 Å². The van der Waals surface area contributed by atoms with E-state index < -0.39 is 5.97 Å². The molecule has 0 atom stereocenters. The molecule has 0 saturated carbocycles. The monoisotopic (exact) mass is 342 g/mol. The predicted octanol–water partition coefficient (Wildman–Crippen LogP) is 4.92. The van der Waals surface area contributed by atoms with Gasteiger partial charge < -0.3 is 5.11 Å². The van der Waals surface area contributed by atoms with E-state index in [2.05, 4.69) is 15.9 Å². The Hall–Kier alpha value is -1.39. The molecular formula is C14H9BrClFO2. The van der Waals surface area contributed by atoms with Crippen LogP contribution in [0.1, 0.15) is 15.9 Å². The summed E-state index contributed by atoms with van der Waals surface area (Å²) >= 11 is 9.18. The molecular weight excluding hydrogens is 335 g/mol. The van der Waals surface area contributed by atoms with Crippen LogP contribution in [0.25, 0.3) is 11.1 Å². The van der Waals surface area contributed by atoms with Crippen molar-refractivity contribution in [2.75, 3.05) is 0 Å². The molecule has 5 heteroatoms. The summed E-state index contributed by atoms with van der Waals surface area (Å²) in [5, 5.41) is 9.33. The number of aromatic carboxylic acids is 1. The van der Waals surface area contributed by atoms with Crippen LogP contribution in [0.15, 0.2) is 34.8 Å². The lowest BCUT2D eigenvalue weighted by Gasteiger charge is -2.09. The van der Waals surface area contributed by atoms with E-state index in [1.807, 2.05) is 0 Å². The second-order valence-corrected chi connectivity index (χ2v) is 5.34. The van der Waals surface area contributed by atoms with Crippen molar-refractivity contribution in [3.8, 4) is 11.1 Å². The topological polar surface area (TPSA) is 37.3 Å². The Morgan fingerprint density at radius 3 is 2.63 bits per heavy atom. The minimum atomic E-state index is -1.04. The average Bonchev–Trinajstić information content (AvgIpc) is 2.34. The highest BCUT2D eigenvalue weighted by atomic mass is 79.9. The van der Waals surface area contributed by atoms with Crippen LogP contribution in [0.4, 0.5) is 4.39 Å². The van der Waals surface area contributed by atoms with Gasteiger partial charge in [-0.25, -0.2) is 9.18 Å². The number of hydrogen-bond acceptors (Lipinski definition) is 1. The highest BCUT2D eigenvalue weighted by Crippen LogP contribution is 2.32. The molecule has 0 unspecified atom stereocenters. The summed E-state index contributed by atoms with van der Waals surface area (Å²) in [5.74, 6) is -1.42. The highest BCUT2D eigenvalue weighted by molar-refractivity contribution is 9.10. The van der Waals surface area contributed by atoms with Crippen LogP contribution >= 0.6 is 27.5 Å². The molecule has 98 valence electrons. The zero-order chi connectivity index (χ0) is 14.2. The van der Waals surface area contributed by atoms with Crippen LogP contribution < -0.4 is 0 Å². The first-order valence-electron chi connectivity index (χ1n) is 5.39. The fourth-order valence-corrected chi connectivity index (χ4v) is 2.41. The second kappa shape index (κ2) is 5.31. The summed E-state index contributed by atoms with van der Waals surface area (Å²) in [7, 11) is 0. The molecule has 0 aliphatic carbocycles. The molecule has 2 aromatic carbocycles. The summed E-state index contributed by atoms with van der Waals surface area (Å²) in [4.78, 5) is 11.1. The third-order valence-corrected chi connectivity index (χ3v) is 3.76. The first kappa shape index (κ1) is 14.0. The van der Waals surface area contributed by atoms with Gasteiger partial charge in [0, 0.05) is 10.0 Å². The van der Waals surface area contributed by atoms with Crippen molar-refractivity contribution in [1.29, 1.82) is 0 Å². The van der Waals surface area contributed by atoms with Gasteiger partial charge in [-0.05, 0) is 58.2 Å². The molecule has 1 N–H and O–H groups in total. The zero-order valence-electron chi connectivity index (χ0n) is 9.88. The van der Waals surface area contributed by atoms with E-state index in [4.69, 9.17) is 16.7 Å². The van der Waals surface area contributed by atoms with Gasteiger partial charge in [-0.1, -0.05) is 17.7 Å². The lowest BCUT2D eigenvalue weighted by molar-refractivity contribution is 0.0696. The highest BCUT2D eigenvalue weighted by Gasteiger charge is 2.13. The molecule has 0 aliphatic rings. The van der Waals surface area contributed by atoms with Crippen LogP contribution in [0.5, 0.6) is 0 Å². The van der Waals surface area contributed by atoms with Crippen molar-refractivity contribution < 1.29 is 14.3 Å². The van der Waals surface area contributed by atoms with Crippen LogP contribution in [-0.4, -0.2) is 11.1 Å². The van der Waals surface area contributed by atoms with Gasteiger partial charge in [0.15, 0.2) is 0 Å². The molecule has 0 fully saturated rings. The number of carboxylic acid groups (broad SMARTS) is 1. The van der Waals surface area contributed by atoms with Crippen LogP contribution in [0.2, 0.25) is 5.02 Å². The summed E-state index contributed by atoms with van der Waals surface area (Å²) in [6, 6.07) is 7.70. The first-order chi connectivity index (χ1) is 8.90. The molecule has 2 rings (SSSR count). The van der Waals surface area contributed by atoms with Gasteiger partial charge in [-0.15, -0.1) is 0 Å². The molecule has 2 nitrogen and oxygen atoms in total. The van der Waals surface area contributed by atoms with E-state index in [1.165, 1.54) is 12.1 Å². The maximum absolute atomic E-state index is 13.4. The predicted molar refractivity (Wildman–Crippen MR) is 76.2 cm³/mol. The molecule has 0 heterocycles. The quantitative estimate of drug-likeness (QED) is 0.841. The van der Waals surface area contributed by atoms with E-state index >= 15 is 0 Å². The van der Waals surface area contributed by atoms with Gasteiger partial charge >= 0.3 is 5.97 Å². The van der Waals surface area contributed by atoms with Crippen molar-refractivity contribution in [1.82, 2.24) is 0 Å². The van der Waals surface area contributed by atoms with E-state index in [1.54, 1.807) is 25.1 Å². The molecule has 0 bridgehead atoms. The number of hydrogen-bond donors (Lipinski definition) is 1. The minimum Gasteiger partial charge on any atom is -0.478 e. The number of rotatable bonds is 2. The summed E-state index contributed by atoms with van der Waals surface area (Å²) < 4.78 is 13.8. The summed E-state index contributed by atoms with van der Waals surface area (Å²) in [6.45, 7) is 1.63. The first-order valence-corrected chi connectivity index (χ1v) is 6.56. The number of benzene rings is 2. The second-order valence-electron chi connectivity index (χ2n) is 4.08. The maximum atomic E-state index is 13.4. The molecule has 0 saturated heterocycles. The van der Waals surface area contributed by atoms with Crippen molar-refractivity contribution in [2.45, 2.75) is 6.92 Å². The number of aryl methyl sites for hydroxylation is 1. The third-order valence-electron chi connectivity index (χ3n) is 2.76. The Morgan fingerprint density at radius 2 is 2.00 bits per heavy atom. The minimum absolute atomic E-state index is 0.135. The Labute approximate surface area is 123 Å². The Bertz CT molecular complexity index is 671. The van der Waals surface area contributed by atoms with Gasteiger partial charge in [0.1, 0.15) is 5.82 Å². The zero-order valence-corrected chi connectivity index (χ0v) is 12.2. The van der Waals surface area contributed by atoms with Crippen LogP contribution in [0.3, 0.4) is 0 Å². The van der Waals surface area contributed by atoms with Gasteiger partial charge in [0.2, 0.25) is 0 Å². The SMILES string of the molecule is Cc1cc(-c2ccc(Br)c(C(=O)O)c2)c(Cl)cc1F. The van der Waals surface area contributed by atoms with Crippen LogP contribution in [-0.2, 0) is 0 Å². The maximum Gasteiger partial charge on any atom is 0.336 e.